The van der Waals surface area contributed by atoms with E-state index in [9.17, 15) is 14.4 Å². The van der Waals surface area contributed by atoms with Crippen LogP contribution in [0.4, 0.5) is 0 Å². The fourth-order valence-electron chi connectivity index (χ4n) is 2.08. The Balaban J connectivity index is 1.97. The van der Waals surface area contributed by atoms with Crippen molar-refractivity contribution >= 4 is 17.7 Å². The second-order valence-electron chi connectivity index (χ2n) is 5.02. The zero-order chi connectivity index (χ0) is 17.4. The summed E-state index contributed by atoms with van der Waals surface area (Å²) >= 11 is 1.65. The Kier molecular flexibility index (Phi) is 6.62. The van der Waals surface area contributed by atoms with Crippen LogP contribution in [0.3, 0.4) is 0 Å². The maximum absolute atomic E-state index is 12.4. The molecule has 0 radical (unpaired) electrons. The number of H-pyrrole nitrogens is 1. The van der Waals surface area contributed by atoms with Crippen molar-refractivity contribution in [2.24, 2.45) is 0 Å². The van der Waals surface area contributed by atoms with Gasteiger partial charge in [-0.2, -0.15) is 0 Å². The number of nitrogens with one attached hydrogen (secondary N) is 1. The van der Waals surface area contributed by atoms with E-state index in [1.165, 1.54) is 0 Å². The van der Waals surface area contributed by atoms with E-state index in [-0.39, 0.29) is 12.5 Å². The fraction of sp³-hybridized carbons (Fsp3) is 0.235. The lowest BCUT2D eigenvalue weighted by Crippen LogP contribution is -2.39. The smallest absolute Gasteiger partial charge is 0.265 e. The van der Waals surface area contributed by atoms with Crippen LogP contribution in [0.25, 0.3) is 0 Å². The zero-order valence-corrected chi connectivity index (χ0v) is 14.0. The van der Waals surface area contributed by atoms with Gasteiger partial charge in [-0.3, -0.25) is 19.5 Å². The van der Waals surface area contributed by atoms with E-state index >= 15 is 0 Å². The van der Waals surface area contributed by atoms with Crippen LogP contribution in [0.15, 0.2) is 69.6 Å². The highest BCUT2D eigenvalue weighted by Crippen LogP contribution is 2.16. The summed E-state index contributed by atoms with van der Waals surface area (Å²) in [5.74, 6) is 0.483. The minimum atomic E-state index is -0.419. The van der Waals surface area contributed by atoms with Crippen LogP contribution in [0.5, 0.6) is 0 Å². The summed E-state index contributed by atoms with van der Waals surface area (Å²) in [5, 5.41) is 2.36. The van der Waals surface area contributed by atoms with Crippen LogP contribution in [0, 0.1) is 0 Å². The van der Waals surface area contributed by atoms with Crippen LogP contribution >= 0.6 is 11.8 Å². The van der Waals surface area contributed by atoms with Crippen molar-refractivity contribution in [3.63, 3.8) is 0 Å². The van der Waals surface area contributed by atoms with E-state index in [1.54, 1.807) is 22.7 Å². The second kappa shape index (κ2) is 8.93. The van der Waals surface area contributed by atoms with Crippen molar-refractivity contribution in [1.82, 2.24) is 14.7 Å². The normalized spacial score (nSPS) is 10.3. The minimum absolute atomic E-state index is 0.196. The fourth-order valence-corrected chi connectivity index (χ4v) is 2.98. The first-order valence-corrected chi connectivity index (χ1v) is 8.45. The first kappa shape index (κ1) is 17.8. The highest BCUT2D eigenvalue weighted by Gasteiger charge is 2.13. The summed E-state index contributed by atoms with van der Waals surface area (Å²) in [6, 6.07) is 12.2. The Bertz CT molecular complexity index is 798. The van der Waals surface area contributed by atoms with Crippen molar-refractivity contribution in [1.29, 1.82) is 0 Å². The van der Waals surface area contributed by atoms with Gasteiger partial charge in [-0.1, -0.05) is 24.3 Å². The van der Waals surface area contributed by atoms with Gasteiger partial charge in [0.15, 0.2) is 0 Å². The summed E-state index contributed by atoms with van der Waals surface area (Å²) in [5.41, 5.74) is -0.836. The van der Waals surface area contributed by atoms with Gasteiger partial charge in [0.25, 0.3) is 11.1 Å². The Morgan fingerprint density at radius 3 is 2.67 bits per heavy atom. The molecule has 1 N–H and O–H groups in total. The van der Waals surface area contributed by atoms with Gasteiger partial charge >= 0.3 is 0 Å². The Morgan fingerprint density at radius 2 is 1.96 bits per heavy atom. The lowest BCUT2D eigenvalue weighted by atomic mass is 10.4. The first-order valence-electron chi connectivity index (χ1n) is 7.47. The average Bonchev–Trinajstić information content (AvgIpc) is 2.58. The molecule has 2 aromatic rings. The van der Waals surface area contributed by atoms with E-state index in [4.69, 9.17) is 0 Å². The van der Waals surface area contributed by atoms with Gasteiger partial charge in [0.05, 0.1) is 0 Å². The number of carbonyl (C=O) groups excluding carboxylic acids is 1. The van der Waals surface area contributed by atoms with Crippen LogP contribution in [0.2, 0.25) is 0 Å². The number of amides is 1. The number of hydrogen-bond acceptors (Lipinski definition) is 4. The predicted molar refractivity (Wildman–Crippen MR) is 95.3 cm³/mol. The SMILES string of the molecule is C=CCN(CCSc1ccccc1)C(=O)Cn1[nH]c(=O)ccc1=O. The van der Waals surface area contributed by atoms with Gasteiger partial charge in [-0.25, -0.2) is 4.68 Å². The number of aromatic amines is 1. The van der Waals surface area contributed by atoms with Crippen molar-refractivity contribution in [3.05, 3.63) is 75.8 Å². The van der Waals surface area contributed by atoms with Crippen LogP contribution in [0.1, 0.15) is 0 Å². The molecule has 0 aliphatic heterocycles. The number of nitrogens with zero attached hydrogens (tertiary/aromatic N) is 2. The summed E-state index contributed by atoms with van der Waals surface area (Å²) < 4.78 is 1.02. The molecule has 1 aromatic carbocycles. The molecule has 1 aromatic heterocycles. The molecular formula is C17H19N3O3S. The number of thioether (sulfide) groups is 1. The van der Waals surface area contributed by atoms with E-state index in [0.29, 0.717) is 13.1 Å². The molecular weight excluding hydrogens is 326 g/mol. The van der Waals surface area contributed by atoms with E-state index < -0.39 is 11.1 Å². The van der Waals surface area contributed by atoms with E-state index in [1.807, 2.05) is 30.3 Å². The van der Waals surface area contributed by atoms with Crippen molar-refractivity contribution in [3.8, 4) is 0 Å². The predicted octanol–water partition coefficient (Wildman–Crippen LogP) is 1.34. The molecule has 2 rings (SSSR count). The molecule has 6 nitrogen and oxygen atoms in total. The monoisotopic (exact) mass is 345 g/mol. The highest BCUT2D eigenvalue weighted by molar-refractivity contribution is 7.99. The van der Waals surface area contributed by atoms with E-state index in [0.717, 1.165) is 27.5 Å². The highest BCUT2D eigenvalue weighted by atomic mass is 32.2. The number of aromatic nitrogens is 2. The summed E-state index contributed by atoms with van der Waals surface area (Å²) in [6.45, 7) is 4.38. The molecule has 0 atom stereocenters. The van der Waals surface area contributed by atoms with Gasteiger partial charge in [0.1, 0.15) is 6.54 Å². The molecule has 0 aliphatic rings. The number of carbonyl (C=O) groups is 1. The molecule has 0 spiro atoms. The lowest BCUT2D eigenvalue weighted by molar-refractivity contribution is -0.131. The van der Waals surface area contributed by atoms with Crippen molar-refractivity contribution in [2.75, 3.05) is 18.8 Å². The average molecular weight is 345 g/mol. The molecule has 126 valence electrons. The Labute approximate surface area is 143 Å². The van der Waals surface area contributed by atoms with Crippen LogP contribution < -0.4 is 11.1 Å². The molecule has 0 aliphatic carbocycles. The van der Waals surface area contributed by atoms with Gasteiger partial charge in [-0.15, -0.1) is 18.3 Å². The zero-order valence-electron chi connectivity index (χ0n) is 13.2. The molecule has 1 amide bonds. The Hall–Kier alpha value is -2.54. The number of rotatable bonds is 8. The summed E-state index contributed by atoms with van der Waals surface area (Å²) in [6.07, 6.45) is 1.64. The van der Waals surface area contributed by atoms with Crippen molar-refractivity contribution in [2.45, 2.75) is 11.4 Å². The number of hydrogen-bond donors (Lipinski definition) is 1. The summed E-state index contributed by atoms with van der Waals surface area (Å²) in [7, 11) is 0. The van der Waals surface area contributed by atoms with Gasteiger partial charge in [0, 0.05) is 35.9 Å². The second-order valence-corrected chi connectivity index (χ2v) is 6.19. The third kappa shape index (κ3) is 5.27. The molecule has 0 unspecified atom stereocenters. The largest absolute Gasteiger partial charge is 0.337 e. The minimum Gasteiger partial charge on any atom is -0.337 e. The third-order valence-corrected chi connectivity index (χ3v) is 4.25. The van der Waals surface area contributed by atoms with E-state index in [2.05, 4.69) is 11.7 Å². The van der Waals surface area contributed by atoms with Gasteiger partial charge in [0.2, 0.25) is 5.91 Å². The lowest BCUT2D eigenvalue weighted by Gasteiger charge is -2.21. The molecule has 7 heteroatoms. The maximum Gasteiger partial charge on any atom is 0.265 e. The molecule has 24 heavy (non-hydrogen) atoms. The van der Waals surface area contributed by atoms with Gasteiger partial charge < -0.3 is 4.90 Å². The molecule has 0 saturated heterocycles. The molecule has 0 saturated carbocycles. The molecule has 0 bridgehead atoms. The van der Waals surface area contributed by atoms with Crippen LogP contribution in [-0.4, -0.2) is 39.4 Å². The Morgan fingerprint density at radius 1 is 1.21 bits per heavy atom. The maximum atomic E-state index is 12.4. The van der Waals surface area contributed by atoms with Crippen molar-refractivity contribution < 1.29 is 4.79 Å². The van der Waals surface area contributed by atoms with Crippen LogP contribution in [-0.2, 0) is 11.3 Å². The van der Waals surface area contributed by atoms with Gasteiger partial charge in [-0.05, 0) is 12.1 Å². The topological polar surface area (TPSA) is 75.2 Å². The molecule has 1 heterocycles. The third-order valence-electron chi connectivity index (χ3n) is 3.26. The number of benzene rings is 1. The first-order chi connectivity index (χ1) is 11.6. The summed E-state index contributed by atoms with van der Waals surface area (Å²) in [4.78, 5) is 38.1. The quantitative estimate of drug-likeness (QED) is 0.579. The standard InChI is InChI=1S/C17H19N3O3S/c1-2-10-19(11-12-24-14-6-4-3-5-7-14)17(23)13-20-16(22)9-8-15(21)18-20/h2-9H,1,10-13H2,(H,18,21). The molecule has 0 fully saturated rings.